The topological polar surface area (TPSA) is 55.8 Å². The molecule has 0 unspecified atom stereocenters. The van der Waals surface area contributed by atoms with Crippen LogP contribution in [0.15, 0.2) is 72.3 Å². The van der Waals surface area contributed by atoms with Crippen LogP contribution in [-0.2, 0) is 4.79 Å². The first-order valence-corrected chi connectivity index (χ1v) is 6.98. The van der Waals surface area contributed by atoms with Gasteiger partial charge in [-0.2, -0.15) is 0 Å². The van der Waals surface area contributed by atoms with Gasteiger partial charge in [-0.05, 0) is 31.2 Å². The Labute approximate surface area is 129 Å². The largest absolute Gasteiger partial charge is 0.478 e. The molecular formula is C18H18O4. The number of aliphatic carboxylic acids is 1. The van der Waals surface area contributed by atoms with Gasteiger partial charge in [-0.3, -0.25) is 0 Å². The van der Waals surface area contributed by atoms with Crippen LogP contribution in [0, 0.1) is 0 Å². The lowest BCUT2D eigenvalue weighted by molar-refractivity contribution is -0.132. The molecule has 0 aliphatic heterocycles. The monoisotopic (exact) mass is 298 g/mol. The van der Waals surface area contributed by atoms with Gasteiger partial charge < -0.3 is 14.6 Å². The highest BCUT2D eigenvalue weighted by Crippen LogP contribution is 2.18. The molecule has 0 amide bonds. The molecule has 22 heavy (non-hydrogen) atoms. The smallest absolute Gasteiger partial charge is 0.330 e. The molecule has 114 valence electrons. The molecule has 0 spiro atoms. The molecule has 0 saturated heterocycles. The van der Waals surface area contributed by atoms with Crippen molar-refractivity contribution in [1.29, 1.82) is 0 Å². The Morgan fingerprint density at radius 3 is 1.86 bits per heavy atom. The van der Waals surface area contributed by atoms with E-state index in [1.165, 1.54) is 0 Å². The highest BCUT2D eigenvalue weighted by atomic mass is 16.7. The normalized spacial score (nSPS) is 11.3. The van der Waals surface area contributed by atoms with E-state index in [1.807, 2.05) is 60.7 Å². The first kappa shape index (κ1) is 15.6. The lowest BCUT2D eigenvalue weighted by atomic mass is 10.2. The summed E-state index contributed by atoms with van der Waals surface area (Å²) in [4.78, 5) is 10.9. The fourth-order valence-electron chi connectivity index (χ4n) is 1.78. The molecular weight excluding hydrogens is 280 g/mol. The quantitative estimate of drug-likeness (QED) is 0.622. The molecule has 2 aromatic carbocycles. The van der Waals surface area contributed by atoms with E-state index in [4.69, 9.17) is 14.6 Å². The molecule has 4 heteroatoms. The summed E-state index contributed by atoms with van der Waals surface area (Å²) < 4.78 is 11.6. The number of carboxylic acid groups (broad SMARTS) is 1. The second-order valence-electron chi connectivity index (χ2n) is 4.72. The third kappa shape index (κ3) is 4.98. The van der Waals surface area contributed by atoms with Crippen molar-refractivity contribution in [2.75, 3.05) is 0 Å². The molecule has 0 heterocycles. The number of hydrogen-bond donors (Lipinski definition) is 1. The third-order valence-electron chi connectivity index (χ3n) is 2.98. The molecule has 2 rings (SSSR count). The van der Waals surface area contributed by atoms with Crippen molar-refractivity contribution < 1.29 is 19.4 Å². The van der Waals surface area contributed by atoms with Crippen LogP contribution in [0.3, 0.4) is 0 Å². The van der Waals surface area contributed by atoms with Crippen LogP contribution in [0.4, 0.5) is 0 Å². The summed E-state index contributed by atoms with van der Waals surface area (Å²) >= 11 is 0. The third-order valence-corrected chi connectivity index (χ3v) is 2.98. The van der Waals surface area contributed by atoms with Crippen molar-refractivity contribution in [2.45, 2.75) is 19.6 Å². The van der Waals surface area contributed by atoms with Crippen LogP contribution in [0.1, 0.15) is 13.3 Å². The predicted octanol–water partition coefficient (Wildman–Crippen LogP) is 3.89. The summed E-state index contributed by atoms with van der Waals surface area (Å²) in [6.45, 7) is 1.55. The number of carboxylic acids is 1. The van der Waals surface area contributed by atoms with Gasteiger partial charge >= 0.3 is 5.97 Å². The van der Waals surface area contributed by atoms with Gasteiger partial charge in [-0.1, -0.05) is 42.5 Å². The van der Waals surface area contributed by atoms with Gasteiger partial charge in [0.05, 0.1) is 0 Å². The molecule has 0 aliphatic rings. The van der Waals surface area contributed by atoms with Crippen LogP contribution in [-0.4, -0.2) is 17.4 Å². The highest BCUT2D eigenvalue weighted by Gasteiger charge is 2.12. The fourth-order valence-corrected chi connectivity index (χ4v) is 1.78. The van der Waals surface area contributed by atoms with Crippen molar-refractivity contribution in [3.63, 3.8) is 0 Å². The minimum absolute atomic E-state index is 0.262. The fraction of sp³-hybridized carbons (Fsp3) is 0.167. The number of para-hydroxylation sites is 2. The van der Waals surface area contributed by atoms with Crippen LogP contribution in [0.5, 0.6) is 11.5 Å². The summed E-state index contributed by atoms with van der Waals surface area (Å²) in [5.41, 5.74) is 0.262. The highest BCUT2D eigenvalue weighted by molar-refractivity contribution is 5.85. The van der Waals surface area contributed by atoms with Crippen molar-refractivity contribution in [1.82, 2.24) is 0 Å². The number of hydrogen-bond acceptors (Lipinski definition) is 3. The molecule has 0 radical (unpaired) electrons. The Morgan fingerprint density at radius 2 is 1.45 bits per heavy atom. The van der Waals surface area contributed by atoms with E-state index in [-0.39, 0.29) is 5.57 Å². The van der Waals surface area contributed by atoms with E-state index in [2.05, 4.69) is 0 Å². The van der Waals surface area contributed by atoms with E-state index in [9.17, 15) is 4.79 Å². The van der Waals surface area contributed by atoms with Gasteiger partial charge in [0.1, 0.15) is 11.5 Å². The van der Waals surface area contributed by atoms with Crippen LogP contribution in [0.25, 0.3) is 0 Å². The average molecular weight is 298 g/mol. The maximum atomic E-state index is 10.9. The van der Waals surface area contributed by atoms with Gasteiger partial charge in [0.2, 0.25) is 6.29 Å². The SMILES string of the molecule is CC(=CCC(Oc1ccccc1)Oc1ccccc1)C(=O)O. The number of ether oxygens (including phenoxy) is 2. The van der Waals surface area contributed by atoms with E-state index < -0.39 is 12.3 Å². The zero-order chi connectivity index (χ0) is 15.8. The number of benzene rings is 2. The van der Waals surface area contributed by atoms with Crippen LogP contribution < -0.4 is 9.47 Å². The van der Waals surface area contributed by atoms with E-state index in [1.54, 1.807) is 13.0 Å². The standard InChI is InChI=1S/C18H18O4/c1-14(18(19)20)12-13-17(21-15-8-4-2-5-9-15)22-16-10-6-3-7-11-16/h2-12,17H,13H2,1H3,(H,19,20). The van der Waals surface area contributed by atoms with Gasteiger partial charge in [0.15, 0.2) is 0 Å². The molecule has 1 N–H and O–H groups in total. The lowest BCUT2D eigenvalue weighted by Crippen LogP contribution is -2.23. The van der Waals surface area contributed by atoms with Crippen molar-refractivity contribution in [2.24, 2.45) is 0 Å². The minimum Gasteiger partial charge on any atom is -0.478 e. The zero-order valence-corrected chi connectivity index (χ0v) is 12.3. The Kier molecular flexibility index (Phi) is 5.60. The van der Waals surface area contributed by atoms with Crippen molar-refractivity contribution >= 4 is 5.97 Å². The van der Waals surface area contributed by atoms with Crippen molar-refractivity contribution in [3.8, 4) is 11.5 Å². The summed E-state index contributed by atoms with van der Waals surface area (Å²) in [5.74, 6) is 0.396. The number of rotatable bonds is 7. The second-order valence-corrected chi connectivity index (χ2v) is 4.72. The van der Waals surface area contributed by atoms with Crippen LogP contribution >= 0.6 is 0 Å². The molecule has 0 aromatic heterocycles. The zero-order valence-electron chi connectivity index (χ0n) is 12.3. The molecule has 0 saturated carbocycles. The molecule has 0 atom stereocenters. The second kappa shape index (κ2) is 7.88. The maximum absolute atomic E-state index is 10.9. The van der Waals surface area contributed by atoms with E-state index in [0.717, 1.165) is 0 Å². The van der Waals surface area contributed by atoms with Gasteiger partial charge in [0.25, 0.3) is 0 Å². The first-order valence-electron chi connectivity index (χ1n) is 6.98. The molecule has 2 aromatic rings. The maximum Gasteiger partial charge on any atom is 0.330 e. The Morgan fingerprint density at radius 1 is 1.00 bits per heavy atom. The van der Waals surface area contributed by atoms with Crippen LogP contribution in [0.2, 0.25) is 0 Å². The number of carbonyl (C=O) groups is 1. The molecule has 4 nitrogen and oxygen atoms in total. The van der Waals surface area contributed by atoms with Gasteiger partial charge in [0, 0.05) is 12.0 Å². The Hall–Kier alpha value is -2.75. The van der Waals surface area contributed by atoms with Gasteiger partial charge in [-0.25, -0.2) is 4.79 Å². The lowest BCUT2D eigenvalue weighted by Gasteiger charge is -2.19. The Bertz CT molecular complexity index is 579. The molecule has 0 bridgehead atoms. The van der Waals surface area contributed by atoms with E-state index >= 15 is 0 Å². The first-order chi connectivity index (χ1) is 10.6. The summed E-state index contributed by atoms with van der Waals surface area (Å²) in [5, 5.41) is 8.92. The summed E-state index contributed by atoms with van der Waals surface area (Å²) in [6.07, 6.45) is 1.33. The molecule has 0 fully saturated rings. The Balaban J connectivity index is 2.09. The minimum atomic E-state index is -0.946. The summed E-state index contributed by atoms with van der Waals surface area (Å²) in [7, 11) is 0. The van der Waals surface area contributed by atoms with Gasteiger partial charge in [-0.15, -0.1) is 0 Å². The predicted molar refractivity (Wildman–Crippen MR) is 83.9 cm³/mol. The summed E-state index contributed by atoms with van der Waals surface area (Å²) in [6, 6.07) is 18.6. The molecule has 0 aliphatic carbocycles. The van der Waals surface area contributed by atoms with Crippen molar-refractivity contribution in [3.05, 3.63) is 72.3 Å². The van der Waals surface area contributed by atoms with E-state index in [0.29, 0.717) is 17.9 Å². The average Bonchev–Trinajstić information content (AvgIpc) is 2.54.